The second-order valence-electron chi connectivity index (χ2n) is 6.25. The first-order valence-electron chi connectivity index (χ1n) is 6.01. The van der Waals surface area contributed by atoms with Gasteiger partial charge in [-0.25, -0.2) is 0 Å². The van der Waals surface area contributed by atoms with Crippen LogP contribution < -0.4 is 5.32 Å². The van der Waals surface area contributed by atoms with E-state index in [1.807, 2.05) is 0 Å². The van der Waals surface area contributed by atoms with E-state index in [1.165, 1.54) is 12.8 Å². The summed E-state index contributed by atoms with van der Waals surface area (Å²) in [5.74, 6) is 0.769. The molecule has 0 aromatic heterocycles. The fourth-order valence-corrected chi connectivity index (χ4v) is 2.08. The van der Waals surface area contributed by atoms with E-state index in [2.05, 4.69) is 39.1 Å². The summed E-state index contributed by atoms with van der Waals surface area (Å²) in [6, 6.07) is 2.45. The fraction of sp³-hybridized carbons (Fsp3) is 0.923. The Kier molecular flexibility index (Phi) is 3.78. The van der Waals surface area contributed by atoms with Crippen LogP contribution in [0, 0.1) is 22.7 Å². The normalized spacial score (nSPS) is 32.3. The van der Waals surface area contributed by atoms with Crippen molar-refractivity contribution in [2.45, 2.75) is 58.9 Å². The number of rotatable bonds is 2. The number of nitrogens with one attached hydrogen (secondary N) is 1. The minimum atomic E-state index is -0.0434. The first-order chi connectivity index (χ1) is 6.85. The molecule has 0 bridgehead atoms. The quantitative estimate of drug-likeness (QED) is 0.757. The Bertz CT molecular complexity index is 236. The van der Waals surface area contributed by atoms with Gasteiger partial charge in [-0.1, -0.05) is 0 Å². The molecule has 1 fully saturated rings. The number of hydrogen-bond donors (Lipinski definition) is 1. The molecule has 1 N–H and O–H groups in total. The summed E-state index contributed by atoms with van der Waals surface area (Å²) in [5, 5.41) is 12.6. The average Bonchev–Trinajstić information content (AvgIpc) is 2.16. The van der Waals surface area contributed by atoms with Gasteiger partial charge >= 0.3 is 0 Å². The van der Waals surface area contributed by atoms with Gasteiger partial charge in [0.25, 0.3) is 0 Å². The molecule has 1 saturated carbocycles. The van der Waals surface area contributed by atoms with Crippen molar-refractivity contribution in [2.24, 2.45) is 11.3 Å². The van der Waals surface area contributed by atoms with Crippen LogP contribution in [0.4, 0.5) is 0 Å². The highest BCUT2D eigenvalue weighted by molar-refractivity contribution is 4.98. The Morgan fingerprint density at radius 1 is 1.33 bits per heavy atom. The van der Waals surface area contributed by atoms with Crippen LogP contribution in [-0.2, 0) is 0 Å². The zero-order valence-corrected chi connectivity index (χ0v) is 10.6. The van der Waals surface area contributed by atoms with E-state index in [4.69, 9.17) is 5.26 Å². The highest BCUT2D eigenvalue weighted by Gasteiger charge is 2.31. The van der Waals surface area contributed by atoms with E-state index < -0.39 is 0 Å². The van der Waals surface area contributed by atoms with Crippen LogP contribution in [0.5, 0.6) is 0 Å². The van der Waals surface area contributed by atoms with E-state index in [1.54, 1.807) is 0 Å². The maximum atomic E-state index is 9.03. The second-order valence-corrected chi connectivity index (χ2v) is 6.25. The van der Waals surface area contributed by atoms with Gasteiger partial charge in [-0.2, -0.15) is 5.26 Å². The summed E-state index contributed by atoms with van der Waals surface area (Å²) in [5.41, 5.74) is 0.175. The zero-order chi connectivity index (χ0) is 11.5. The Balaban J connectivity index is 2.30. The smallest absolute Gasteiger partial charge is 0.0686 e. The van der Waals surface area contributed by atoms with Crippen LogP contribution in [0.2, 0.25) is 0 Å². The molecular weight excluding hydrogens is 184 g/mol. The van der Waals surface area contributed by atoms with Gasteiger partial charge in [0.2, 0.25) is 0 Å². The molecule has 0 atom stereocenters. The van der Waals surface area contributed by atoms with Crippen LogP contribution in [-0.4, -0.2) is 12.1 Å². The highest BCUT2D eigenvalue weighted by Crippen LogP contribution is 2.37. The Morgan fingerprint density at radius 2 is 1.87 bits per heavy atom. The molecule has 0 aromatic carbocycles. The first-order valence-corrected chi connectivity index (χ1v) is 6.01. The molecule has 0 saturated heterocycles. The minimum absolute atomic E-state index is 0.0434. The topological polar surface area (TPSA) is 35.8 Å². The summed E-state index contributed by atoms with van der Waals surface area (Å²) in [7, 11) is 0. The van der Waals surface area contributed by atoms with Crippen molar-refractivity contribution in [2.75, 3.05) is 6.54 Å². The van der Waals surface area contributed by atoms with Crippen LogP contribution in [0.25, 0.3) is 0 Å². The van der Waals surface area contributed by atoms with Crippen LogP contribution in [0.3, 0.4) is 0 Å². The first kappa shape index (κ1) is 12.5. The molecule has 0 spiro atoms. The molecule has 1 rings (SSSR count). The summed E-state index contributed by atoms with van der Waals surface area (Å²) in [6.07, 6.45) is 4.54. The lowest BCUT2D eigenvalue weighted by molar-refractivity contribution is 0.215. The monoisotopic (exact) mass is 208 g/mol. The summed E-state index contributed by atoms with van der Waals surface area (Å²) in [4.78, 5) is 0. The summed E-state index contributed by atoms with van der Waals surface area (Å²) >= 11 is 0. The molecule has 0 unspecified atom stereocenters. The second kappa shape index (κ2) is 4.53. The zero-order valence-electron chi connectivity index (χ0n) is 10.6. The minimum Gasteiger partial charge on any atom is -0.312 e. The third kappa shape index (κ3) is 4.22. The predicted octanol–water partition coefficient (Wildman–Crippen LogP) is 3.09. The van der Waals surface area contributed by atoms with Gasteiger partial charge < -0.3 is 5.32 Å². The van der Waals surface area contributed by atoms with Gasteiger partial charge in [-0.3, -0.25) is 0 Å². The summed E-state index contributed by atoms with van der Waals surface area (Å²) < 4.78 is 0. The molecule has 0 aliphatic heterocycles. The van der Waals surface area contributed by atoms with Gasteiger partial charge in [0.1, 0.15) is 0 Å². The van der Waals surface area contributed by atoms with Gasteiger partial charge in [0.15, 0.2) is 0 Å². The van der Waals surface area contributed by atoms with E-state index >= 15 is 0 Å². The van der Waals surface area contributed by atoms with Gasteiger partial charge in [0, 0.05) is 5.54 Å². The number of nitrogens with zero attached hydrogens (tertiary/aromatic N) is 1. The lowest BCUT2D eigenvalue weighted by Gasteiger charge is -2.33. The predicted molar refractivity (Wildman–Crippen MR) is 63.4 cm³/mol. The van der Waals surface area contributed by atoms with Gasteiger partial charge in [0.05, 0.1) is 11.5 Å². The molecule has 15 heavy (non-hydrogen) atoms. The lowest BCUT2D eigenvalue weighted by atomic mass is 9.72. The molecule has 0 radical (unpaired) electrons. The molecule has 86 valence electrons. The summed E-state index contributed by atoms with van der Waals surface area (Å²) in [6.45, 7) is 9.81. The van der Waals surface area contributed by atoms with Crippen molar-refractivity contribution < 1.29 is 0 Å². The van der Waals surface area contributed by atoms with Crippen molar-refractivity contribution in [3.05, 3.63) is 0 Å². The molecule has 0 amide bonds. The van der Waals surface area contributed by atoms with E-state index in [9.17, 15) is 0 Å². The third-order valence-electron chi connectivity index (χ3n) is 3.40. The average molecular weight is 208 g/mol. The van der Waals surface area contributed by atoms with E-state index in [0.29, 0.717) is 0 Å². The van der Waals surface area contributed by atoms with Crippen LogP contribution in [0.15, 0.2) is 0 Å². The van der Waals surface area contributed by atoms with E-state index in [0.717, 1.165) is 25.3 Å². The maximum absolute atomic E-state index is 9.03. The van der Waals surface area contributed by atoms with Gasteiger partial charge in [-0.15, -0.1) is 0 Å². The number of nitriles is 1. The van der Waals surface area contributed by atoms with Crippen molar-refractivity contribution >= 4 is 0 Å². The van der Waals surface area contributed by atoms with E-state index in [-0.39, 0.29) is 11.0 Å². The molecule has 1 aliphatic rings. The van der Waals surface area contributed by atoms with Gasteiger partial charge in [-0.05, 0) is 65.8 Å². The molecule has 0 aromatic rings. The lowest BCUT2D eigenvalue weighted by Crippen LogP contribution is -2.40. The molecule has 2 heteroatoms. The third-order valence-corrected chi connectivity index (χ3v) is 3.40. The fourth-order valence-electron chi connectivity index (χ4n) is 2.08. The van der Waals surface area contributed by atoms with Crippen LogP contribution >= 0.6 is 0 Å². The Labute approximate surface area is 94.1 Å². The maximum Gasteiger partial charge on any atom is 0.0686 e. The standard InChI is InChI=1S/C13H24N2/c1-12(2,3)15-9-11-5-7-13(4,10-14)8-6-11/h11,15H,5-9H2,1-4H3. The number of hydrogen-bond acceptors (Lipinski definition) is 2. The molecule has 0 heterocycles. The largest absolute Gasteiger partial charge is 0.312 e. The Hall–Kier alpha value is -0.550. The van der Waals surface area contributed by atoms with Crippen molar-refractivity contribution in [3.63, 3.8) is 0 Å². The highest BCUT2D eigenvalue weighted by atomic mass is 14.9. The van der Waals surface area contributed by atoms with Crippen LogP contribution in [0.1, 0.15) is 53.4 Å². The Morgan fingerprint density at radius 3 is 2.27 bits per heavy atom. The van der Waals surface area contributed by atoms with Crippen molar-refractivity contribution in [1.82, 2.24) is 5.32 Å². The van der Waals surface area contributed by atoms with Crippen molar-refractivity contribution in [1.29, 1.82) is 5.26 Å². The SMILES string of the molecule is CC1(C#N)CCC(CNC(C)(C)C)CC1. The molecule has 2 nitrogen and oxygen atoms in total. The van der Waals surface area contributed by atoms with Crippen molar-refractivity contribution in [3.8, 4) is 6.07 Å². The molecular formula is C13H24N2. The molecule has 1 aliphatic carbocycles.